The Kier molecular flexibility index (Phi) is 5.59. The molecule has 1 saturated heterocycles. The normalized spacial score (nSPS) is 16.6. The van der Waals surface area contributed by atoms with Gasteiger partial charge in [-0.3, -0.25) is 4.79 Å². The van der Waals surface area contributed by atoms with Gasteiger partial charge >= 0.3 is 0 Å². The number of nitrogens with zero attached hydrogens (tertiary/aromatic N) is 5. The predicted molar refractivity (Wildman–Crippen MR) is 91.7 cm³/mol. The number of rotatable bonds is 5. The minimum absolute atomic E-state index is 0.103. The van der Waals surface area contributed by atoms with Crippen LogP contribution in [0.1, 0.15) is 35.8 Å². The van der Waals surface area contributed by atoms with E-state index in [4.69, 9.17) is 14.7 Å². The van der Waals surface area contributed by atoms with Crippen LogP contribution in [0.5, 0.6) is 11.8 Å². The third kappa shape index (κ3) is 4.06. The minimum atomic E-state index is -0.229. The standard InChI is InChI=1S/C18H19N5O3/c1-2-25-16-6-5-13(11-22-16)18(24)23-9-3-4-14(12-23)26-17-15(10-19)20-7-8-21-17/h5-8,11,14H,2-4,9,12H2,1H3/t14-/m1/s1. The van der Waals surface area contributed by atoms with Crippen LogP contribution in [0.2, 0.25) is 0 Å². The Labute approximate surface area is 151 Å². The first-order chi connectivity index (χ1) is 12.7. The van der Waals surface area contributed by atoms with Crippen molar-refractivity contribution in [1.82, 2.24) is 19.9 Å². The van der Waals surface area contributed by atoms with Crippen molar-refractivity contribution in [3.8, 4) is 17.8 Å². The van der Waals surface area contributed by atoms with E-state index in [0.717, 1.165) is 12.8 Å². The highest BCUT2D eigenvalue weighted by Gasteiger charge is 2.27. The quantitative estimate of drug-likeness (QED) is 0.808. The number of likely N-dealkylation sites (tertiary alicyclic amines) is 1. The van der Waals surface area contributed by atoms with Crippen LogP contribution in [-0.4, -0.2) is 51.6 Å². The molecule has 0 aliphatic carbocycles. The van der Waals surface area contributed by atoms with Gasteiger partial charge in [0.15, 0.2) is 0 Å². The van der Waals surface area contributed by atoms with E-state index in [1.165, 1.54) is 18.6 Å². The zero-order valence-corrected chi connectivity index (χ0v) is 14.5. The molecule has 8 nitrogen and oxygen atoms in total. The fourth-order valence-corrected chi connectivity index (χ4v) is 2.79. The summed E-state index contributed by atoms with van der Waals surface area (Å²) in [7, 11) is 0. The number of hydrogen-bond donors (Lipinski definition) is 0. The lowest BCUT2D eigenvalue weighted by atomic mass is 10.1. The second kappa shape index (κ2) is 8.25. The summed E-state index contributed by atoms with van der Waals surface area (Å²) in [6.07, 6.45) is 5.81. The summed E-state index contributed by atoms with van der Waals surface area (Å²) in [6.45, 7) is 3.48. The van der Waals surface area contributed by atoms with E-state index in [-0.39, 0.29) is 23.6 Å². The van der Waals surface area contributed by atoms with E-state index in [2.05, 4.69) is 15.0 Å². The highest BCUT2D eigenvalue weighted by molar-refractivity contribution is 5.94. The Morgan fingerprint density at radius 3 is 2.92 bits per heavy atom. The number of piperidine rings is 1. The molecule has 0 spiro atoms. The molecule has 1 atom stereocenters. The lowest BCUT2D eigenvalue weighted by Crippen LogP contribution is -2.44. The molecule has 0 radical (unpaired) electrons. The lowest BCUT2D eigenvalue weighted by molar-refractivity contribution is 0.0525. The monoisotopic (exact) mass is 353 g/mol. The lowest BCUT2D eigenvalue weighted by Gasteiger charge is -2.32. The van der Waals surface area contributed by atoms with Crippen LogP contribution in [0, 0.1) is 11.3 Å². The third-order valence-corrected chi connectivity index (χ3v) is 3.99. The average Bonchev–Trinajstić information content (AvgIpc) is 2.69. The van der Waals surface area contributed by atoms with Crippen molar-refractivity contribution in [1.29, 1.82) is 5.26 Å². The topological polar surface area (TPSA) is 101 Å². The maximum absolute atomic E-state index is 12.7. The van der Waals surface area contributed by atoms with Crippen molar-refractivity contribution in [3.05, 3.63) is 42.0 Å². The predicted octanol–water partition coefficient (Wildman–Crippen LogP) is 1.83. The summed E-state index contributed by atoms with van der Waals surface area (Å²) in [5.41, 5.74) is 0.651. The number of nitriles is 1. The summed E-state index contributed by atoms with van der Waals surface area (Å²) < 4.78 is 11.1. The molecule has 0 bridgehead atoms. The van der Waals surface area contributed by atoms with Crippen LogP contribution in [0.3, 0.4) is 0 Å². The fraction of sp³-hybridized carbons (Fsp3) is 0.389. The molecule has 3 rings (SSSR count). The molecule has 3 heterocycles. The van der Waals surface area contributed by atoms with E-state index in [9.17, 15) is 4.79 Å². The summed E-state index contributed by atoms with van der Waals surface area (Å²) in [5.74, 6) is 0.598. The summed E-state index contributed by atoms with van der Waals surface area (Å²) in [4.78, 5) is 26.6. The highest BCUT2D eigenvalue weighted by atomic mass is 16.5. The Morgan fingerprint density at radius 2 is 2.19 bits per heavy atom. The van der Waals surface area contributed by atoms with Gasteiger partial charge in [0.05, 0.1) is 18.7 Å². The van der Waals surface area contributed by atoms with Gasteiger partial charge in [0.1, 0.15) is 12.2 Å². The molecule has 0 N–H and O–H groups in total. The first-order valence-corrected chi connectivity index (χ1v) is 8.47. The molecule has 26 heavy (non-hydrogen) atoms. The van der Waals surface area contributed by atoms with Gasteiger partial charge in [0.25, 0.3) is 11.8 Å². The first kappa shape index (κ1) is 17.6. The number of ether oxygens (including phenoxy) is 2. The van der Waals surface area contributed by atoms with Gasteiger partial charge in [0.2, 0.25) is 11.6 Å². The zero-order valence-electron chi connectivity index (χ0n) is 14.5. The molecule has 0 unspecified atom stereocenters. The van der Waals surface area contributed by atoms with Crippen LogP contribution < -0.4 is 9.47 Å². The van der Waals surface area contributed by atoms with Crippen LogP contribution in [0.4, 0.5) is 0 Å². The highest BCUT2D eigenvalue weighted by Crippen LogP contribution is 2.20. The molecule has 2 aromatic rings. The smallest absolute Gasteiger partial charge is 0.255 e. The Bertz CT molecular complexity index is 803. The summed E-state index contributed by atoms with van der Waals surface area (Å²) >= 11 is 0. The number of carbonyl (C=O) groups is 1. The number of pyridine rings is 1. The molecule has 1 fully saturated rings. The second-order valence-electron chi connectivity index (χ2n) is 5.77. The molecule has 1 aliphatic heterocycles. The number of carbonyl (C=O) groups excluding carboxylic acids is 1. The van der Waals surface area contributed by atoms with Crippen LogP contribution >= 0.6 is 0 Å². The molecule has 0 aromatic carbocycles. The van der Waals surface area contributed by atoms with Crippen LogP contribution in [0.15, 0.2) is 30.7 Å². The van der Waals surface area contributed by atoms with Crippen molar-refractivity contribution in [2.75, 3.05) is 19.7 Å². The summed E-state index contributed by atoms with van der Waals surface area (Å²) in [5, 5.41) is 9.08. The van der Waals surface area contributed by atoms with Crippen molar-refractivity contribution in [3.63, 3.8) is 0 Å². The van der Waals surface area contributed by atoms with E-state index in [1.54, 1.807) is 17.0 Å². The van der Waals surface area contributed by atoms with Gasteiger partial charge in [0, 0.05) is 31.2 Å². The number of hydrogen-bond acceptors (Lipinski definition) is 7. The molecule has 134 valence electrons. The first-order valence-electron chi connectivity index (χ1n) is 8.47. The number of amides is 1. The molecule has 8 heteroatoms. The fourth-order valence-electron chi connectivity index (χ4n) is 2.79. The Morgan fingerprint density at radius 1 is 1.35 bits per heavy atom. The number of aromatic nitrogens is 3. The Hall–Kier alpha value is -3.21. The van der Waals surface area contributed by atoms with Crippen molar-refractivity contribution < 1.29 is 14.3 Å². The molecule has 1 amide bonds. The molecule has 2 aromatic heterocycles. The second-order valence-corrected chi connectivity index (χ2v) is 5.77. The molecule has 0 saturated carbocycles. The van der Waals surface area contributed by atoms with Crippen molar-refractivity contribution in [2.45, 2.75) is 25.9 Å². The largest absolute Gasteiger partial charge is 0.478 e. The molecular weight excluding hydrogens is 334 g/mol. The van der Waals surface area contributed by atoms with Gasteiger partial charge in [-0.15, -0.1) is 0 Å². The van der Waals surface area contributed by atoms with Gasteiger partial charge in [-0.05, 0) is 25.8 Å². The van der Waals surface area contributed by atoms with E-state index >= 15 is 0 Å². The molecule has 1 aliphatic rings. The SMILES string of the molecule is CCOc1ccc(C(=O)N2CCC[C@@H](Oc3nccnc3C#N)C2)cn1. The van der Waals surface area contributed by atoms with Crippen LogP contribution in [0.25, 0.3) is 0 Å². The van der Waals surface area contributed by atoms with Gasteiger partial charge in [-0.1, -0.05) is 0 Å². The van der Waals surface area contributed by atoms with E-state index in [1.807, 2.05) is 13.0 Å². The van der Waals surface area contributed by atoms with Gasteiger partial charge < -0.3 is 14.4 Å². The van der Waals surface area contributed by atoms with Crippen molar-refractivity contribution in [2.24, 2.45) is 0 Å². The van der Waals surface area contributed by atoms with E-state index in [0.29, 0.717) is 31.1 Å². The Balaban J connectivity index is 1.66. The van der Waals surface area contributed by atoms with Crippen LogP contribution in [-0.2, 0) is 0 Å². The van der Waals surface area contributed by atoms with E-state index < -0.39 is 0 Å². The zero-order chi connectivity index (χ0) is 18.4. The van der Waals surface area contributed by atoms with Gasteiger partial charge in [-0.2, -0.15) is 5.26 Å². The average molecular weight is 353 g/mol. The van der Waals surface area contributed by atoms with Crippen molar-refractivity contribution >= 4 is 5.91 Å². The minimum Gasteiger partial charge on any atom is -0.478 e. The maximum Gasteiger partial charge on any atom is 0.255 e. The maximum atomic E-state index is 12.7. The molecular formula is C18H19N5O3. The third-order valence-electron chi connectivity index (χ3n) is 3.99. The van der Waals surface area contributed by atoms with Gasteiger partial charge in [-0.25, -0.2) is 15.0 Å². The summed E-state index contributed by atoms with van der Waals surface area (Å²) in [6, 6.07) is 5.36.